The predicted octanol–water partition coefficient (Wildman–Crippen LogP) is 5.45. The molecule has 1 aromatic rings. The van der Waals surface area contributed by atoms with Gasteiger partial charge in [0.05, 0.1) is 23.1 Å². The minimum Gasteiger partial charge on any atom is -0.372 e. The molecule has 0 bridgehead atoms. The number of unbranched alkanes of at least 4 members (excludes halogenated alkanes) is 1. The molecule has 1 aliphatic carbocycles. The van der Waals surface area contributed by atoms with E-state index in [9.17, 15) is 4.79 Å². The van der Waals surface area contributed by atoms with Crippen LogP contribution in [0.2, 0.25) is 0 Å². The van der Waals surface area contributed by atoms with Crippen molar-refractivity contribution in [1.82, 2.24) is 4.98 Å². The highest BCUT2D eigenvalue weighted by molar-refractivity contribution is 14.1. The van der Waals surface area contributed by atoms with E-state index in [1.807, 2.05) is 6.08 Å². The van der Waals surface area contributed by atoms with Gasteiger partial charge in [-0.05, 0) is 30.1 Å². The molecule has 0 saturated heterocycles. The minimum absolute atomic E-state index is 0.0940. The smallest absolute Gasteiger partial charge is 0.227 e. The highest BCUT2D eigenvalue weighted by Gasteiger charge is 2.23. The lowest BCUT2D eigenvalue weighted by Gasteiger charge is -2.27. The van der Waals surface area contributed by atoms with E-state index < -0.39 is 0 Å². The molecular weight excluding hydrogens is 477 g/mol. The van der Waals surface area contributed by atoms with Gasteiger partial charge in [0.1, 0.15) is 0 Å². The number of pyridine rings is 1. The molecule has 0 spiro atoms. The summed E-state index contributed by atoms with van der Waals surface area (Å²) in [6, 6.07) is 0. The van der Waals surface area contributed by atoms with Crippen molar-refractivity contribution < 1.29 is 4.79 Å². The number of carbonyl (C=O) groups excluding carboxylic acids is 1. The number of alkyl halides is 1. The second-order valence-electron chi connectivity index (χ2n) is 7.98. The summed E-state index contributed by atoms with van der Waals surface area (Å²) in [6.45, 7) is 0.927. The zero-order valence-electron chi connectivity index (χ0n) is 17.3. The van der Waals surface area contributed by atoms with Crippen LogP contribution in [0.25, 0.3) is 6.08 Å². The lowest BCUT2D eigenvalue weighted by atomic mass is 9.96. The lowest BCUT2D eigenvalue weighted by molar-refractivity contribution is -0.120. The topological polar surface area (TPSA) is 69.6 Å². The quantitative estimate of drug-likeness (QED) is 0.292. The third kappa shape index (κ3) is 6.19. The van der Waals surface area contributed by atoms with Crippen LogP contribution in [0.1, 0.15) is 69.8 Å². The molecule has 0 radical (unpaired) electrons. The van der Waals surface area contributed by atoms with E-state index in [1.54, 1.807) is 6.20 Å². The maximum atomic E-state index is 13.1. The second kappa shape index (κ2) is 11.6. The van der Waals surface area contributed by atoms with Gasteiger partial charge < -0.3 is 10.2 Å². The minimum atomic E-state index is 0.0940. The van der Waals surface area contributed by atoms with Crippen molar-refractivity contribution in [2.24, 2.45) is 11.0 Å². The van der Waals surface area contributed by atoms with Crippen LogP contribution in [-0.4, -0.2) is 34.8 Å². The molecule has 7 heteroatoms. The van der Waals surface area contributed by atoms with Crippen molar-refractivity contribution in [2.45, 2.75) is 64.2 Å². The summed E-state index contributed by atoms with van der Waals surface area (Å²) in [7, 11) is 2.08. The summed E-state index contributed by atoms with van der Waals surface area (Å²) in [5.41, 5.74) is 5.64. The predicted molar refractivity (Wildman–Crippen MR) is 130 cm³/mol. The van der Waals surface area contributed by atoms with Gasteiger partial charge >= 0.3 is 0 Å². The zero-order valence-corrected chi connectivity index (χ0v) is 19.5. The number of hydrogen-bond acceptors (Lipinski definition) is 5. The molecule has 2 aliphatic rings. The number of carbonyl (C=O) groups is 1. The molecule has 0 atom stereocenters. The summed E-state index contributed by atoms with van der Waals surface area (Å²) in [5.74, 6) is 3.82. The number of hydrazone groups is 1. The van der Waals surface area contributed by atoms with E-state index in [2.05, 4.69) is 61.2 Å². The van der Waals surface area contributed by atoms with E-state index >= 15 is 0 Å². The Labute approximate surface area is 187 Å². The van der Waals surface area contributed by atoms with Gasteiger partial charge in [0.25, 0.3) is 0 Å². The highest BCUT2D eigenvalue weighted by Crippen LogP contribution is 2.36. The van der Waals surface area contributed by atoms with E-state index in [4.69, 9.17) is 0 Å². The molecule has 1 amide bonds. The van der Waals surface area contributed by atoms with Gasteiger partial charge in [-0.15, -0.1) is 5.10 Å². The molecule has 6 nitrogen and oxygen atoms in total. The van der Waals surface area contributed by atoms with Crippen molar-refractivity contribution in [3.63, 3.8) is 0 Å². The van der Waals surface area contributed by atoms with E-state index in [1.165, 1.54) is 32.1 Å². The Morgan fingerprint density at radius 1 is 1.24 bits per heavy atom. The number of hydrogen-bond donors (Lipinski definition) is 2. The van der Waals surface area contributed by atoms with Crippen molar-refractivity contribution in [2.75, 3.05) is 33.7 Å². The molecule has 1 fully saturated rings. The molecule has 1 saturated carbocycles. The molecule has 29 heavy (non-hydrogen) atoms. The summed E-state index contributed by atoms with van der Waals surface area (Å²) in [5, 5.41) is 7.18. The van der Waals surface area contributed by atoms with E-state index in [0.717, 1.165) is 60.0 Å². The van der Waals surface area contributed by atoms with Gasteiger partial charge in [-0.25, -0.2) is 4.98 Å². The zero-order chi connectivity index (χ0) is 20.5. The first kappa shape index (κ1) is 22.1. The number of rotatable bonds is 7. The van der Waals surface area contributed by atoms with Crippen molar-refractivity contribution in [3.05, 3.63) is 11.8 Å². The van der Waals surface area contributed by atoms with Gasteiger partial charge in [0.2, 0.25) is 5.91 Å². The Hall–Kier alpha value is -1.60. The largest absolute Gasteiger partial charge is 0.372 e. The van der Waals surface area contributed by atoms with Crippen LogP contribution in [0.5, 0.6) is 0 Å². The number of nitrogens with one attached hydrogen (secondary N) is 2. The Balaban J connectivity index is 1.81. The molecule has 2 N–H and O–H groups in total. The second-order valence-corrected chi connectivity index (χ2v) is 9.06. The monoisotopic (exact) mass is 509 g/mol. The maximum absolute atomic E-state index is 13.1. The SMILES string of the molecule is CN(CCCCI)c1c(NC(=O)C2CCCCCCCC2)cnc2c1C=C=NN2. The van der Waals surface area contributed by atoms with Crippen LogP contribution in [0, 0.1) is 5.92 Å². The Kier molecular flexibility index (Phi) is 8.80. The first-order chi connectivity index (χ1) is 14.2. The van der Waals surface area contributed by atoms with E-state index in [0.29, 0.717) is 5.82 Å². The Morgan fingerprint density at radius 3 is 2.69 bits per heavy atom. The molecule has 1 aliphatic heterocycles. The molecule has 0 unspecified atom stereocenters. The molecule has 0 aromatic carbocycles. The average molecular weight is 509 g/mol. The fourth-order valence-electron chi connectivity index (χ4n) is 4.11. The van der Waals surface area contributed by atoms with Crippen LogP contribution in [0.4, 0.5) is 17.2 Å². The molecular formula is C22H32IN5O. The lowest BCUT2D eigenvalue weighted by Crippen LogP contribution is -2.27. The van der Waals surface area contributed by atoms with Crippen LogP contribution in [-0.2, 0) is 4.79 Å². The number of aromatic nitrogens is 1. The van der Waals surface area contributed by atoms with Crippen molar-refractivity contribution >= 4 is 57.6 Å². The average Bonchev–Trinajstić information content (AvgIpc) is 2.87. The third-order valence-corrected chi connectivity index (χ3v) is 6.53. The molecule has 1 aromatic heterocycles. The van der Waals surface area contributed by atoms with Crippen molar-refractivity contribution in [1.29, 1.82) is 0 Å². The number of anilines is 3. The van der Waals surface area contributed by atoms with Crippen LogP contribution >= 0.6 is 22.6 Å². The molecule has 158 valence electrons. The summed E-state index contributed by atoms with van der Waals surface area (Å²) in [6.07, 6.45) is 15.2. The van der Waals surface area contributed by atoms with Gasteiger partial charge in [-0.1, -0.05) is 61.1 Å². The van der Waals surface area contributed by atoms with Gasteiger partial charge in [0, 0.05) is 31.5 Å². The third-order valence-electron chi connectivity index (χ3n) is 5.77. The maximum Gasteiger partial charge on any atom is 0.227 e. The number of halogens is 1. The first-order valence-electron chi connectivity index (χ1n) is 10.9. The van der Waals surface area contributed by atoms with Crippen LogP contribution < -0.4 is 15.6 Å². The van der Waals surface area contributed by atoms with Gasteiger partial charge in [-0.2, -0.15) is 0 Å². The Morgan fingerprint density at radius 2 is 1.97 bits per heavy atom. The highest BCUT2D eigenvalue weighted by atomic mass is 127. The summed E-state index contributed by atoms with van der Waals surface area (Å²) >= 11 is 2.42. The van der Waals surface area contributed by atoms with Gasteiger partial charge in [-0.3, -0.25) is 10.2 Å². The van der Waals surface area contributed by atoms with Gasteiger partial charge in [0.15, 0.2) is 5.82 Å². The van der Waals surface area contributed by atoms with Crippen molar-refractivity contribution in [3.8, 4) is 0 Å². The number of fused-ring (bicyclic) bond motifs is 1. The summed E-state index contributed by atoms with van der Waals surface area (Å²) in [4.78, 5) is 19.8. The molecule has 2 heterocycles. The first-order valence-corrected chi connectivity index (χ1v) is 12.4. The van der Waals surface area contributed by atoms with Crippen LogP contribution in [0.15, 0.2) is 11.3 Å². The fourth-order valence-corrected chi connectivity index (χ4v) is 4.65. The van der Waals surface area contributed by atoms with Crippen LogP contribution in [0.3, 0.4) is 0 Å². The number of amides is 1. The normalized spacial score (nSPS) is 16.9. The molecule has 3 rings (SSSR count). The van der Waals surface area contributed by atoms with E-state index in [-0.39, 0.29) is 11.8 Å². The fraction of sp³-hybridized carbons (Fsp3) is 0.636. The summed E-state index contributed by atoms with van der Waals surface area (Å²) < 4.78 is 1.15. The number of nitrogens with zero attached hydrogens (tertiary/aromatic N) is 3. The Bertz CT molecular complexity index is 750. The standard InChI is InChI=1S/C22H32IN5O/c1-28(15-9-8-13-23)20-18-12-14-25-27-21(18)24-16-19(20)26-22(29)17-10-6-4-2-3-5-7-11-17/h12,16-17H,2-11,13,15H2,1H3,(H,24,27)(H,26,29).